The largest absolute Gasteiger partial charge is 0.374 e. The van der Waals surface area contributed by atoms with Crippen LogP contribution in [-0.2, 0) is 17.6 Å². The first-order chi connectivity index (χ1) is 9.22. The number of benzene rings is 1. The third kappa shape index (κ3) is 2.63. The van der Waals surface area contributed by atoms with Gasteiger partial charge in [0.1, 0.15) is 0 Å². The summed E-state index contributed by atoms with van der Waals surface area (Å²) in [6.07, 6.45) is 1.51. The van der Waals surface area contributed by atoms with Gasteiger partial charge in [-0.05, 0) is 41.6 Å². The van der Waals surface area contributed by atoms with Gasteiger partial charge < -0.3 is 10.2 Å². The number of hydrogen-bond donors (Lipinski definition) is 1. The van der Waals surface area contributed by atoms with E-state index in [9.17, 15) is 4.79 Å². The molecule has 1 amide bonds. The fourth-order valence-electron chi connectivity index (χ4n) is 2.42. The van der Waals surface area contributed by atoms with E-state index in [1.54, 1.807) is 11.3 Å². The lowest BCUT2D eigenvalue weighted by Crippen LogP contribution is -2.14. The van der Waals surface area contributed by atoms with Gasteiger partial charge in [-0.25, -0.2) is 0 Å². The van der Waals surface area contributed by atoms with E-state index < -0.39 is 0 Å². The number of fused-ring (bicyclic) bond motifs is 1. The molecule has 0 atom stereocenters. The highest BCUT2D eigenvalue weighted by molar-refractivity contribution is 7.10. The van der Waals surface area contributed by atoms with E-state index in [-0.39, 0.29) is 5.91 Å². The maximum Gasteiger partial charge on any atom is 0.229 e. The second-order valence-corrected chi connectivity index (χ2v) is 5.85. The SMILES string of the molecule is CN1CCc2cc(NC(=O)Cc3cccs3)ccc21. The molecule has 19 heavy (non-hydrogen) atoms. The molecular formula is C15H16N2OS. The van der Waals surface area contributed by atoms with Gasteiger partial charge in [-0.3, -0.25) is 4.79 Å². The predicted octanol–water partition coefficient (Wildman–Crippen LogP) is 2.92. The molecule has 0 saturated heterocycles. The summed E-state index contributed by atoms with van der Waals surface area (Å²) in [5.74, 6) is 0.0498. The Balaban J connectivity index is 1.69. The molecule has 0 fully saturated rings. The molecular weight excluding hydrogens is 256 g/mol. The van der Waals surface area contributed by atoms with E-state index in [1.165, 1.54) is 11.3 Å². The van der Waals surface area contributed by atoms with Crippen molar-refractivity contribution < 1.29 is 4.79 Å². The maximum atomic E-state index is 11.9. The van der Waals surface area contributed by atoms with E-state index >= 15 is 0 Å². The van der Waals surface area contributed by atoms with Crippen LogP contribution in [0.15, 0.2) is 35.7 Å². The predicted molar refractivity (Wildman–Crippen MR) is 80.1 cm³/mol. The number of amides is 1. The number of anilines is 2. The van der Waals surface area contributed by atoms with Crippen molar-refractivity contribution >= 4 is 28.6 Å². The van der Waals surface area contributed by atoms with Gasteiger partial charge in [0.05, 0.1) is 6.42 Å². The number of hydrogen-bond acceptors (Lipinski definition) is 3. The second kappa shape index (κ2) is 5.05. The van der Waals surface area contributed by atoms with Crippen LogP contribution >= 0.6 is 11.3 Å². The molecule has 1 aliphatic heterocycles. The van der Waals surface area contributed by atoms with Crippen LogP contribution in [0.2, 0.25) is 0 Å². The molecule has 98 valence electrons. The highest BCUT2D eigenvalue weighted by Gasteiger charge is 2.16. The monoisotopic (exact) mass is 272 g/mol. The molecule has 4 heteroatoms. The summed E-state index contributed by atoms with van der Waals surface area (Å²) in [6, 6.07) is 10.1. The second-order valence-electron chi connectivity index (χ2n) is 4.82. The van der Waals surface area contributed by atoms with Crippen molar-refractivity contribution in [1.29, 1.82) is 0 Å². The fourth-order valence-corrected chi connectivity index (χ4v) is 3.12. The molecule has 0 radical (unpaired) electrons. The Morgan fingerprint density at radius 1 is 1.42 bits per heavy atom. The van der Waals surface area contributed by atoms with Crippen molar-refractivity contribution in [3.8, 4) is 0 Å². The molecule has 0 spiro atoms. The molecule has 3 nitrogen and oxygen atoms in total. The summed E-state index contributed by atoms with van der Waals surface area (Å²) in [5, 5.41) is 4.97. The van der Waals surface area contributed by atoms with Crippen molar-refractivity contribution in [3.05, 3.63) is 46.2 Å². The van der Waals surface area contributed by atoms with E-state index in [0.717, 1.165) is 23.5 Å². The average Bonchev–Trinajstić information content (AvgIpc) is 3.00. The van der Waals surface area contributed by atoms with Crippen molar-refractivity contribution in [1.82, 2.24) is 0 Å². The summed E-state index contributed by atoms with van der Waals surface area (Å²) in [6.45, 7) is 1.06. The summed E-state index contributed by atoms with van der Waals surface area (Å²) >= 11 is 1.61. The summed E-state index contributed by atoms with van der Waals surface area (Å²) in [5.41, 5.74) is 3.49. The van der Waals surface area contributed by atoms with Gasteiger partial charge in [-0.2, -0.15) is 0 Å². The van der Waals surface area contributed by atoms with E-state index in [4.69, 9.17) is 0 Å². The zero-order chi connectivity index (χ0) is 13.2. The van der Waals surface area contributed by atoms with Crippen LogP contribution in [0, 0.1) is 0 Å². The summed E-state index contributed by atoms with van der Waals surface area (Å²) in [7, 11) is 2.10. The van der Waals surface area contributed by atoms with Gasteiger partial charge in [0.25, 0.3) is 0 Å². The van der Waals surface area contributed by atoms with Crippen LogP contribution in [0.4, 0.5) is 11.4 Å². The Labute approximate surface area is 116 Å². The molecule has 2 heterocycles. The molecule has 0 bridgehead atoms. The number of nitrogens with zero attached hydrogens (tertiary/aromatic N) is 1. The van der Waals surface area contributed by atoms with Crippen LogP contribution in [0.25, 0.3) is 0 Å². The lowest BCUT2D eigenvalue weighted by Gasteiger charge is -2.12. The van der Waals surface area contributed by atoms with Crippen LogP contribution in [0.5, 0.6) is 0 Å². The van der Waals surface area contributed by atoms with Gasteiger partial charge in [0, 0.05) is 29.8 Å². The standard InChI is InChI=1S/C15H16N2OS/c1-17-7-6-11-9-12(4-5-14(11)17)16-15(18)10-13-3-2-8-19-13/h2-5,8-9H,6-7,10H2,1H3,(H,16,18). The molecule has 1 aliphatic rings. The van der Waals surface area contributed by atoms with Gasteiger partial charge in [-0.15, -0.1) is 11.3 Å². The van der Waals surface area contributed by atoms with E-state index in [0.29, 0.717) is 6.42 Å². The van der Waals surface area contributed by atoms with E-state index in [1.807, 2.05) is 23.6 Å². The highest BCUT2D eigenvalue weighted by atomic mass is 32.1. The Morgan fingerprint density at radius 2 is 2.32 bits per heavy atom. The molecule has 1 N–H and O–H groups in total. The minimum atomic E-state index is 0.0498. The molecule has 0 unspecified atom stereocenters. The zero-order valence-corrected chi connectivity index (χ0v) is 11.7. The topological polar surface area (TPSA) is 32.3 Å². The van der Waals surface area contributed by atoms with Crippen LogP contribution < -0.4 is 10.2 Å². The number of rotatable bonds is 3. The van der Waals surface area contributed by atoms with Crippen molar-refractivity contribution in [2.24, 2.45) is 0 Å². The van der Waals surface area contributed by atoms with Gasteiger partial charge >= 0.3 is 0 Å². The first kappa shape index (κ1) is 12.2. The third-order valence-electron chi connectivity index (χ3n) is 3.41. The minimum absolute atomic E-state index is 0.0498. The lowest BCUT2D eigenvalue weighted by atomic mass is 10.1. The minimum Gasteiger partial charge on any atom is -0.374 e. The number of thiophene rings is 1. The van der Waals surface area contributed by atoms with Crippen LogP contribution in [-0.4, -0.2) is 19.5 Å². The average molecular weight is 272 g/mol. The van der Waals surface area contributed by atoms with Crippen molar-refractivity contribution in [3.63, 3.8) is 0 Å². The maximum absolute atomic E-state index is 11.9. The van der Waals surface area contributed by atoms with Gasteiger partial charge in [0.15, 0.2) is 0 Å². The third-order valence-corrected chi connectivity index (χ3v) is 4.28. The Kier molecular flexibility index (Phi) is 3.25. The lowest BCUT2D eigenvalue weighted by molar-refractivity contribution is -0.115. The van der Waals surface area contributed by atoms with Gasteiger partial charge in [0.2, 0.25) is 5.91 Å². The number of nitrogens with one attached hydrogen (secondary N) is 1. The molecule has 1 aromatic heterocycles. The summed E-state index contributed by atoms with van der Waals surface area (Å²) < 4.78 is 0. The first-order valence-electron chi connectivity index (χ1n) is 6.39. The van der Waals surface area contributed by atoms with Crippen LogP contribution in [0.3, 0.4) is 0 Å². The smallest absolute Gasteiger partial charge is 0.229 e. The Hall–Kier alpha value is -1.81. The summed E-state index contributed by atoms with van der Waals surface area (Å²) in [4.78, 5) is 15.3. The molecule has 0 saturated carbocycles. The molecule has 1 aromatic carbocycles. The Bertz CT molecular complexity index is 592. The zero-order valence-electron chi connectivity index (χ0n) is 10.8. The normalized spacial score (nSPS) is 13.4. The number of likely N-dealkylation sites (N-methyl/N-ethyl adjacent to an activating group) is 1. The van der Waals surface area contributed by atoms with Crippen molar-refractivity contribution in [2.75, 3.05) is 23.8 Å². The van der Waals surface area contributed by atoms with Crippen LogP contribution in [0.1, 0.15) is 10.4 Å². The number of carbonyl (C=O) groups is 1. The highest BCUT2D eigenvalue weighted by Crippen LogP contribution is 2.29. The number of carbonyl (C=O) groups excluding carboxylic acids is 1. The quantitative estimate of drug-likeness (QED) is 0.931. The molecule has 0 aliphatic carbocycles. The van der Waals surface area contributed by atoms with E-state index in [2.05, 4.69) is 29.4 Å². The first-order valence-corrected chi connectivity index (χ1v) is 7.26. The molecule has 3 rings (SSSR count). The fraction of sp³-hybridized carbons (Fsp3) is 0.267. The molecule has 2 aromatic rings. The van der Waals surface area contributed by atoms with Crippen molar-refractivity contribution in [2.45, 2.75) is 12.8 Å². The Morgan fingerprint density at radius 3 is 3.11 bits per heavy atom. The van der Waals surface area contributed by atoms with Gasteiger partial charge in [-0.1, -0.05) is 6.07 Å².